The zero-order valence-corrected chi connectivity index (χ0v) is 15.3. The molecule has 1 aliphatic rings. The molecule has 4 heterocycles. The summed E-state index contributed by atoms with van der Waals surface area (Å²) in [5.74, 6) is 1.46. The molecule has 0 amide bonds. The molecule has 3 aromatic rings. The van der Waals surface area contributed by atoms with E-state index in [4.69, 9.17) is 4.52 Å². The lowest BCUT2D eigenvalue weighted by atomic mass is 10.0. The lowest BCUT2D eigenvalue weighted by Crippen LogP contribution is -2.37. The molecule has 136 valence electrons. The maximum atomic E-state index is 5.32. The SMILES string of the molecule is Cc1nc(NC[C@@H](c2cccnc2)N2CCCCC2)c2c(C)noc2n1. The third kappa shape index (κ3) is 3.39. The number of piperidine rings is 1. The molecule has 0 radical (unpaired) electrons. The molecular formula is C19H24N6O. The Morgan fingerprint density at radius 1 is 1.19 bits per heavy atom. The van der Waals surface area contributed by atoms with Gasteiger partial charge in [0.2, 0.25) is 0 Å². The van der Waals surface area contributed by atoms with Gasteiger partial charge in [0.05, 0.1) is 11.7 Å². The van der Waals surface area contributed by atoms with Gasteiger partial charge in [0, 0.05) is 18.9 Å². The normalized spacial score (nSPS) is 16.7. The van der Waals surface area contributed by atoms with Gasteiger partial charge in [0.1, 0.15) is 17.0 Å². The minimum Gasteiger partial charge on any atom is -0.367 e. The van der Waals surface area contributed by atoms with Crippen molar-refractivity contribution < 1.29 is 4.52 Å². The highest BCUT2D eigenvalue weighted by Crippen LogP contribution is 2.27. The van der Waals surface area contributed by atoms with Gasteiger partial charge < -0.3 is 9.84 Å². The van der Waals surface area contributed by atoms with Crippen LogP contribution in [-0.2, 0) is 0 Å². The molecule has 1 atom stereocenters. The summed E-state index contributed by atoms with van der Waals surface area (Å²) in [7, 11) is 0. The summed E-state index contributed by atoms with van der Waals surface area (Å²) in [5, 5.41) is 8.43. The summed E-state index contributed by atoms with van der Waals surface area (Å²) in [5.41, 5.74) is 2.57. The third-order valence-electron chi connectivity index (χ3n) is 4.98. The Bertz CT molecular complexity index is 872. The number of anilines is 1. The Labute approximate surface area is 152 Å². The molecule has 0 spiro atoms. The van der Waals surface area contributed by atoms with Gasteiger partial charge in [-0.15, -0.1) is 0 Å². The molecule has 4 rings (SSSR count). The fraction of sp³-hybridized carbons (Fsp3) is 0.474. The van der Waals surface area contributed by atoms with E-state index in [1.807, 2.05) is 32.3 Å². The minimum atomic E-state index is 0.259. The van der Waals surface area contributed by atoms with Gasteiger partial charge in [-0.3, -0.25) is 9.88 Å². The Balaban J connectivity index is 1.61. The largest absolute Gasteiger partial charge is 0.367 e. The van der Waals surface area contributed by atoms with Crippen LogP contribution in [0, 0.1) is 13.8 Å². The Morgan fingerprint density at radius 3 is 2.81 bits per heavy atom. The summed E-state index contributed by atoms with van der Waals surface area (Å²) in [6.45, 7) is 6.77. The molecular weight excluding hydrogens is 328 g/mol. The average Bonchev–Trinajstić information content (AvgIpc) is 3.04. The molecule has 1 saturated heterocycles. The molecule has 0 saturated carbocycles. The lowest BCUT2D eigenvalue weighted by molar-refractivity contribution is 0.170. The second-order valence-electron chi connectivity index (χ2n) is 6.85. The van der Waals surface area contributed by atoms with Crippen molar-refractivity contribution in [2.24, 2.45) is 0 Å². The minimum absolute atomic E-state index is 0.259. The van der Waals surface area contributed by atoms with Gasteiger partial charge in [0.15, 0.2) is 0 Å². The van der Waals surface area contributed by atoms with Gasteiger partial charge in [-0.05, 0) is 51.4 Å². The molecule has 0 unspecified atom stereocenters. The monoisotopic (exact) mass is 352 g/mol. The maximum Gasteiger partial charge on any atom is 0.263 e. The number of pyridine rings is 1. The van der Waals surface area contributed by atoms with Crippen molar-refractivity contribution in [1.29, 1.82) is 0 Å². The Kier molecular flexibility index (Phi) is 4.79. The number of hydrogen-bond acceptors (Lipinski definition) is 7. The van der Waals surface area contributed by atoms with E-state index in [1.165, 1.54) is 24.8 Å². The molecule has 1 N–H and O–H groups in total. The van der Waals surface area contributed by atoms with E-state index < -0.39 is 0 Å². The van der Waals surface area contributed by atoms with E-state index in [1.54, 1.807) is 0 Å². The van der Waals surface area contributed by atoms with Crippen molar-refractivity contribution in [3.63, 3.8) is 0 Å². The predicted octanol–water partition coefficient (Wildman–Crippen LogP) is 3.27. The van der Waals surface area contributed by atoms with E-state index in [0.717, 1.165) is 36.5 Å². The summed E-state index contributed by atoms with van der Waals surface area (Å²) in [6.07, 6.45) is 7.60. The highest BCUT2D eigenvalue weighted by molar-refractivity contribution is 5.87. The average molecular weight is 352 g/mol. The molecule has 3 aromatic heterocycles. The second kappa shape index (κ2) is 7.37. The molecule has 1 aliphatic heterocycles. The lowest BCUT2D eigenvalue weighted by Gasteiger charge is -2.35. The molecule has 26 heavy (non-hydrogen) atoms. The van der Waals surface area contributed by atoms with Gasteiger partial charge in [-0.1, -0.05) is 17.6 Å². The van der Waals surface area contributed by atoms with Crippen LogP contribution in [0.15, 0.2) is 29.0 Å². The first-order chi connectivity index (χ1) is 12.7. The maximum absolute atomic E-state index is 5.32. The van der Waals surface area contributed by atoms with Crippen molar-refractivity contribution in [2.75, 3.05) is 25.0 Å². The summed E-state index contributed by atoms with van der Waals surface area (Å²) in [6, 6.07) is 4.41. The molecule has 0 aromatic carbocycles. The predicted molar refractivity (Wildman–Crippen MR) is 100.0 cm³/mol. The van der Waals surface area contributed by atoms with Crippen LogP contribution < -0.4 is 5.32 Å². The highest BCUT2D eigenvalue weighted by atomic mass is 16.5. The molecule has 1 fully saturated rings. The number of rotatable bonds is 5. The number of aryl methyl sites for hydroxylation is 2. The number of nitrogens with one attached hydrogen (secondary N) is 1. The standard InChI is InChI=1S/C19H24N6O/c1-13-17-18(22-14(2)23-19(17)26-24-13)21-12-16(15-7-6-8-20-11-15)25-9-4-3-5-10-25/h6-8,11,16H,3-5,9-10,12H2,1-2H3,(H,21,22,23)/t16-/m0/s1. The molecule has 7 heteroatoms. The smallest absolute Gasteiger partial charge is 0.263 e. The van der Waals surface area contributed by atoms with Crippen molar-refractivity contribution >= 4 is 16.9 Å². The van der Waals surface area contributed by atoms with Gasteiger partial charge in [-0.2, -0.15) is 4.98 Å². The number of likely N-dealkylation sites (tertiary alicyclic amines) is 1. The first-order valence-corrected chi connectivity index (χ1v) is 9.21. The topological polar surface area (TPSA) is 80.0 Å². The van der Waals surface area contributed by atoms with Crippen LogP contribution in [0.5, 0.6) is 0 Å². The van der Waals surface area contributed by atoms with Crippen LogP contribution in [-0.4, -0.2) is 44.6 Å². The highest BCUT2D eigenvalue weighted by Gasteiger charge is 2.23. The first-order valence-electron chi connectivity index (χ1n) is 9.21. The van der Waals surface area contributed by atoms with Crippen molar-refractivity contribution in [3.8, 4) is 0 Å². The fourth-order valence-corrected chi connectivity index (χ4v) is 3.68. The van der Waals surface area contributed by atoms with Crippen LogP contribution >= 0.6 is 0 Å². The van der Waals surface area contributed by atoms with Crippen LogP contribution in [0.1, 0.15) is 42.4 Å². The Hall–Kier alpha value is -2.54. The molecule has 0 bridgehead atoms. The van der Waals surface area contributed by atoms with Crippen molar-refractivity contribution in [1.82, 2.24) is 25.0 Å². The number of nitrogens with zero attached hydrogens (tertiary/aromatic N) is 5. The van der Waals surface area contributed by atoms with Crippen LogP contribution in [0.4, 0.5) is 5.82 Å². The zero-order valence-electron chi connectivity index (χ0n) is 15.3. The van der Waals surface area contributed by atoms with E-state index in [9.17, 15) is 0 Å². The summed E-state index contributed by atoms with van der Waals surface area (Å²) < 4.78 is 5.32. The van der Waals surface area contributed by atoms with E-state index in [0.29, 0.717) is 11.5 Å². The quantitative estimate of drug-likeness (QED) is 0.755. The Morgan fingerprint density at radius 2 is 2.04 bits per heavy atom. The second-order valence-corrected chi connectivity index (χ2v) is 6.85. The van der Waals surface area contributed by atoms with Gasteiger partial charge >= 0.3 is 0 Å². The summed E-state index contributed by atoms with van der Waals surface area (Å²) in [4.78, 5) is 15.8. The fourth-order valence-electron chi connectivity index (χ4n) is 3.68. The molecule has 0 aliphatic carbocycles. The third-order valence-corrected chi connectivity index (χ3v) is 4.98. The van der Waals surface area contributed by atoms with Gasteiger partial charge in [-0.25, -0.2) is 4.98 Å². The van der Waals surface area contributed by atoms with Crippen LogP contribution in [0.25, 0.3) is 11.1 Å². The van der Waals surface area contributed by atoms with Crippen LogP contribution in [0.2, 0.25) is 0 Å². The zero-order chi connectivity index (χ0) is 17.9. The van der Waals surface area contributed by atoms with E-state index in [-0.39, 0.29) is 6.04 Å². The van der Waals surface area contributed by atoms with Crippen molar-refractivity contribution in [3.05, 3.63) is 41.6 Å². The summed E-state index contributed by atoms with van der Waals surface area (Å²) >= 11 is 0. The first kappa shape index (κ1) is 16.9. The number of hydrogen-bond donors (Lipinski definition) is 1. The number of fused-ring (bicyclic) bond motifs is 1. The number of aromatic nitrogens is 4. The van der Waals surface area contributed by atoms with Crippen molar-refractivity contribution in [2.45, 2.75) is 39.2 Å². The van der Waals surface area contributed by atoms with E-state index in [2.05, 4.69) is 36.4 Å². The van der Waals surface area contributed by atoms with E-state index >= 15 is 0 Å². The van der Waals surface area contributed by atoms with Gasteiger partial charge in [0.25, 0.3) is 5.71 Å². The molecule has 7 nitrogen and oxygen atoms in total. The van der Waals surface area contributed by atoms with Crippen LogP contribution in [0.3, 0.4) is 0 Å².